The molecule has 7 heteroatoms. The lowest BCUT2D eigenvalue weighted by molar-refractivity contribution is -0.123. The number of carbonyl (C=O) groups is 1. The van der Waals surface area contributed by atoms with Crippen LogP contribution in [0.1, 0.15) is 12.5 Å². The predicted octanol–water partition coefficient (Wildman–Crippen LogP) is 0.479. The van der Waals surface area contributed by atoms with Gasteiger partial charge in [0.2, 0.25) is 15.9 Å². The van der Waals surface area contributed by atoms with Gasteiger partial charge in [0.05, 0.1) is 6.04 Å². The van der Waals surface area contributed by atoms with Crippen molar-refractivity contribution in [3.05, 3.63) is 41.3 Å². The second-order valence-electron chi connectivity index (χ2n) is 5.27. The van der Waals surface area contributed by atoms with E-state index in [2.05, 4.69) is 0 Å². The second kappa shape index (κ2) is 7.04. The van der Waals surface area contributed by atoms with Gasteiger partial charge in [0.25, 0.3) is 0 Å². The summed E-state index contributed by atoms with van der Waals surface area (Å²) in [5.41, 5.74) is 6.12. The van der Waals surface area contributed by atoms with Crippen LogP contribution in [0.4, 0.5) is 0 Å². The van der Waals surface area contributed by atoms with Gasteiger partial charge in [-0.05, 0) is 18.6 Å². The monoisotopic (exact) mass is 323 g/mol. The van der Waals surface area contributed by atoms with Crippen molar-refractivity contribution >= 4 is 22.0 Å². The molecule has 0 bridgehead atoms. The van der Waals surface area contributed by atoms with Crippen molar-refractivity contribution < 1.29 is 13.2 Å². The van der Waals surface area contributed by atoms with Gasteiger partial charge in [0, 0.05) is 31.6 Å². The number of piperazine rings is 1. The molecule has 0 radical (unpaired) electrons. The highest BCUT2D eigenvalue weighted by atomic mass is 32.2. The molecule has 0 saturated carbocycles. The number of amides is 1. The lowest BCUT2D eigenvalue weighted by Crippen LogP contribution is -2.53. The predicted molar refractivity (Wildman–Crippen MR) is 86.2 cm³/mol. The maximum Gasteiger partial charge on any atom is 0.236 e. The summed E-state index contributed by atoms with van der Waals surface area (Å²) in [4.78, 5) is 13.1. The fourth-order valence-electron chi connectivity index (χ4n) is 2.34. The first-order valence-electron chi connectivity index (χ1n) is 7.17. The van der Waals surface area contributed by atoms with E-state index in [0.29, 0.717) is 26.2 Å². The molecule has 1 aliphatic rings. The minimum Gasteiger partial charge on any atom is -0.368 e. The zero-order valence-electron chi connectivity index (χ0n) is 12.6. The third-order valence-corrected chi connectivity index (χ3v) is 5.39. The highest BCUT2D eigenvalue weighted by Gasteiger charge is 2.28. The minimum absolute atomic E-state index is 0.360. The number of nitrogens with zero attached hydrogens (tertiary/aromatic N) is 2. The summed E-state index contributed by atoms with van der Waals surface area (Å²) >= 11 is 0. The topological polar surface area (TPSA) is 83.7 Å². The average molecular weight is 323 g/mol. The van der Waals surface area contributed by atoms with Crippen LogP contribution in [0.2, 0.25) is 0 Å². The number of hydrogen-bond acceptors (Lipinski definition) is 4. The summed E-state index contributed by atoms with van der Waals surface area (Å²) in [6.45, 7) is 3.46. The van der Waals surface area contributed by atoms with Crippen molar-refractivity contribution in [3.63, 3.8) is 0 Å². The van der Waals surface area contributed by atoms with Crippen LogP contribution in [0, 0.1) is 0 Å². The van der Waals surface area contributed by atoms with E-state index in [1.54, 1.807) is 13.0 Å². The number of sulfonamides is 1. The third kappa shape index (κ3) is 4.16. The van der Waals surface area contributed by atoms with E-state index in [9.17, 15) is 13.2 Å². The van der Waals surface area contributed by atoms with Gasteiger partial charge in [0.1, 0.15) is 0 Å². The Hall–Kier alpha value is -1.70. The Balaban J connectivity index is 1.98. The van der Waals surface area contributed by atoms with Gasteiger partial charge >= 0.3 is 0 Å². The fraction of sp³-hybridized carbons (Fsp3) is 0.400. The van der Waals surface area contributed by atoms with Crippen LogP contribution >= 0.6 is 0 Å². The molecule has 0 spiro atoms. The van der Waals surface area contributed by atoms with E-state index in [4.69, 9.17) is 5.73 Å². The first-order chi connectivity index (χ1) is 10.4. The van der Waals surface area contributed by atoms with Gasteiger partial charge in [-0.1, -0.05) is 30.3 Å². The number of primary amides is 1. The third-order valence-electron chi connectivity index (χ3n) is 3.82. The van der Waals surface area contributed by atoms with Crippen LogP contribution in [0.5, 0.6) is 0 Å². The molecule has 0 aromatic heterocycles. The van der Waals surface area contributed by atoms with Crippen molar-refractivity contribution in [2.45, 2.75) is 13.0 Å². The number of hydrogen-bond donors (Lipinski definition) is 1. The van der Waals surface area contributed by atoms with E-state index in [-0.39, 0.29) is 11.9 Å². The lowest BCUT2D eigenvalue weighted by atomic mass is 10.2. The van der Waals surface area contributed by atoms with Gasteiger partial charge in [0.15, 0.2) is 0 Å². The van der Waals surface area contributed by atoms with Crippen molar-refractivity contribution in [1.82, 2.24) is 9.21 Å². The first-order valence-corrected chi connectivity index (χ1v) is 8.67. The molecule has 0 aliphatic carbocycles. The zero-order chi connectivity index (χ0) is 16.2. The minimum atomic E-state index is -3.44. The summed E-state index contributed by atoms with van der Waals surface area (Å²) in [7, 11) is -3.44. The summed E-state index contributed by atoms with van der Waals surface area (Å²) in [6, 6.07) is 8.92. The molecule has 1 atom stereocenters. The Morgan fingerprint density at radius 2 is 1.77 bits per heavy atom. The molecule has 1 aromatic rings. The molecule has 2 N–H and O–H groups in total. The molecule has 1 saturated heterocycles. The number of rotatable bonds is 5. The maximum absolute atomic E-state index is 12.3. The maximum atomic E-state index is 12.3. The molecule has 1 fully saturated rings. The smallest absolute Gasteiger partial charge is 0.236 e. The zero-order valence-corrected chi connectivity index (χ0v) is 13.4. The summed E-state index contributed by atoms with van der Waals surface area (Å²) in [6.07, 6.45) is 1.59. The largest absolute Gasteiger partial charge is 0.368 e. The van der Waals surface area contributed by atoms with E-state index in [1.807, 2.05) is 35.2 Å². The lowest BCUT2D eigenvalue weighted by Gasteiger charge is -2.35. The summed E-state index contributed by atoms with van der Waals surface area (Å²) < 4.78 is 26.0. The van der Waals surface area contributed by atoms with Gasteiger partial charge in [-0.2, -0.15) is 4.31 Å². The van der Waals surface area contributed by atoms with Crippen LogP contribution in [-0.4, -0.2) is 55.8 Å². The van der Waals surface area contributed by atoms with Crippen LogP contribution in [-0.2, 0) is 14.8 Å². The molecule has 1 aliphatic heterocycles. The van der Waals surface area contributed by atoms with Gasteiger partial charge < -0.3 is 5.73 Å². The van der Waals surface area contributed by atoms with Gasteiger partial charge in [-0.3, -0.25) is 9.69 Å². The Bertz CT molecular complexity index is 635. The molecule has 0 unspecified atom stereocenters. The SMILES string of the molecule is C[C@H](C(N)=O)N1CCN(S(=O)(=O)/C=C/c2ccccc2)CC1. The average Bonchev–Trinajstić information content (AvgIpc) is 2.53. The quantitative estimate of drug-likeness (QED) is 0.854. The molecule has 1 aromatic carbocycles. The molecule has 6 nitrogen and oxygen atoms in total. The summed E-state index contributed by atoms with van der Waals surface area (Å²) in [5, 5.41) is 1.23. The molecular formula is C15H21N3O3S. The number of nitrogens with two attached hydrogens (primary N) is 1. The second-order valence-corrected chi connectivity index (χ2v) is 7.09. The Morgan fingerprint density at radius 3 is 2.32 bits per heavy atom. The van der Waals surface area contributed by atoms with Crippen molar-refractivity contribution in [2.24, 2.45) is 5.73 Å². The van der Waals surface area contributed by atoms with E-state index >= 15 is 0 Å². The molecular weight excluding hydrogens is 302 g/mol. The van der Waals surface area contributed by atoms with Crippen LogP contribution < -0.4 is 5.73 Å². The fourth-order valence-corrected chi connectivity index (χ4v) is 3.51. The van der Waals surface area contributed by atoms with E-state index < -0.39 is 10.0 Å². The van der Waals surface area contributed by atoms with Crippen molar-refractivity contribution in [1.29, 1.82) is 0 Å². The first kappa shape index (κ1) is 16.7. The van der Waals surface area contributed by atoms with Crippen LogP contribution in [0.3, 0.4) is 0 Å². The van der Waals surface area contributed by atoms with E-state index in [1.165, 1.54) is 9.71 Å². The van der Waals surface area contributed by atoms with Gasteiger partial charge in [-0.15, -0.1) is 0 Å². The molecule has 1 amide bonds. The normalized spacial score (nSPS) is 19.3. The molecule has 22 heavy (non-hydrogen) atoms. The van der Waals surface area contributed by atoms with Crippen molar-refractivity contribution in [3.8, 4) is 0 Å². The van der Waals surface area contributed by atoms with Crippen LogP contribution in [0.25, 0.3) is 6.08 Å². The highest BCUT2D eigenvalue weighted by Crippen LogP contribution is 2.13. The van der Waals surface area contributed by atoms with E-state index in [0.717, 1.165) is 5.56 Å². The standard InChI is InChI=1S/C15H21N3O3S/c1-13(15(16)19)17-8-10-18(11-9-17)22(20,21)12-7-14-5-3-2-4-6-14/h2-7,12-13H,8-11H2,1H3,(H2,16,19)/b12-7+/t13-/m1/s1. The molecule has 2 rings (SSSR count). The summed E-state index contributed by atoms with van der Waals surface area (Å²) in [5.74, 6) is -0.389. The number of carbonyl (C=O) groups excluding carboxylic acids is 1. The Labute approximate surface area is 131 Å². The van der Waals surface area contributed by atoms with Crippen molar-refractivity contribution in [2.75, 3.05) is 26.2 Å². The Kier molecular flexibility index (Phi) is 5.33. The molecule has 120 valence electrons. The Morgan fingerprint density at radius 1 is 1.18 bits per heavy atom. The van der Waals surface area contributed by atoms with Crippen LogP contribution in [0.15, 0.2) is 35.7 Å². The number of benzene rings is 1. The van der Waals surface area contributed by atoms with Gasteiger partial charge in [-0.25, -0.2) is 8.42 Å². The highest BCUT2D eigenvalue weighted by molar-refractivity contribution is 7.92. The molecule has 1 heterocycles.